The van der Waals surface area contributed by atoms with Crippen LogP contribution in [0.1, 0.15) is 10.4 Å². The van der Waals surface area contributed by atoms with Crippen molar-refractivity contribution in [3.63, 3.8) is 0 Å². The lowest BCUT2D eigenvalue weighted by atomic mass is 10.2. The standard InChI is InChI=1S/C8H10N2O2/c1-12-8-4-6(5-11)2-3-7(8)10-9/h2-5,10H,9H2,1H3. The van der Waals surface area contributed by atoms with Crippen molar-refractivity contribution >= 4 is 12.0 Å². The summed E-state index contributed by atoms with van der Waals surface area (Å²) in [5.74, 6) is 5.76. The summed E-state index contributed by atoms with van der Waals surface area (Å²) in [4.78, 5) is 10.4. The Morgan fingerprint density at radius 2 is 2.33 bits per heavy atom. The van der Waals surface area contributed by atoms with E-state index in [2.05, 4.69) is 5.43 Å². The van der Waals surface area contributed by atoms with Crippen LogP contribution in [-0.4, -0.2) is 13.4 Å². The van der Waals surface area contributed by atoms with Crippen LogP contribution < -0.4 is 16.0 Å². The second kappa shape index (κ2) is 3.73. The zero-order chi connectivity index (χ0) is 8.97. The van der Waals surface area contributed by atoms with Crippen molar-refractivity contribution in [2.45, 2.75) is 0 Å². The minimum absolute atomic E-state index is 0.558. The fourth-order valence-electron chi connectivity index (χ4n) is 0.900. The van der Waals surface area contributed by atoms with Gasteiger partial charge in [0.1, 0.15) is 12.0 Å². The molecule has 0 amide bonds. The Hall–Kier alpha value is -1.55. The van der Waals surface area contributed by atoms with Gasteiger partial charge in [0.15, 0.2) is 0 Å². The van der Waals surface area contributed by atoms with Crippen molar-refractivity contribution in [2.75, 3.05) is 12.5 Å². The molecule has 0 saturated carbocycles. The first-order chi connectivity index (χ1) is 5.81. The second-order valence-corrected chi connectivity index (χ2v) is 2.22. The summed E-state index contributed by atoms with van der Waals surface area (Å²) in [6.07, 6.45) is 0.753. The van der Waals surface area contributed by atoms with E-state index in [1.54, 1.807) is 18.2 Å². The number of methoxy groups -OCH3 is 1. The van der Waals surface area contributed by atoms with Gasteiger partial charge in [0.2, 0.25) is 0 Å². The lowest BCUT2D eigenvalue weighted by Crippen LogP contribution is -2.08. The molecule has 0 aliphatic carbocycles. The van der Waals surface area contributed by atoms with E-state index in [0.29, 0.717) is 17.0 Å². The highest BCUT2D eigenvalue weighted by Gasteiger charge is 2.01. The summed E-state index contributed by atoms with van der Waals surface area (Å²) < 4.78 is 4.98. The SMILES string of the molecule is COc1cc(C=O)ccc1NN. The number of anilines is 1. The fraction of sp³-hybridized carbons (Fsp3) is 0.125. The van der Waals surface area contributed by atoms with Gasteiger partial charge in [-0.3, -0.25) is 10.6 Å². The highest BCUT2D eigenvalue weighted by Crippen LogP contribution is 2.23. The number of hydrazine groups is 1. The third-order valence-electron chi connectivity index (χ3n) is 1.52. The lowest BCUT2D eigenvalue weighted by Gasteiger charge is -2.06. The van der Waals surface area contributed by atoms with Crippen LogP contribution in [-0.2, 0) is 0 Å². The third-order valence-corrected chi connectivity index (χ3v) is 1.52. The van der Waals surface area contributed by atoms with Gasteiger partial charge in [-0.2, -0.15) is 0 Å². The van der Waals surface area contributed by atoms with Crippen LogP contribution in [0.5, 0.6) is 5.75 Å². The molecule has 0 spiro atoms. The number of ether oxygens (including phenoxy) is 1. The summed E-state index contributed by atoms with van der Waals surface area (Å²) in [6, 6.07) is 4.95. The van der Waals surface area contributed by atoms with Crippen molar-refractivity contribution in [3.05, 3.63) is 23.8 Å². The number of nitrogens with two attached hydrogens (primary N) is 1. The normalized spacial score (nSPS) is 9.17. The van der Waals surface area contributed by atoms with E-state index in [-0.39, 0.29) is 0 Å². The number of benzene rings is 1. The summed E-state index contributed by atoms with van der Waals surface area (Å²) >= 11 is 0. The number of hydrogen-bond acceptors (Lipinski definition) is 4. The summed E-state index contributed by atoms with van der Waals surface area (Å²) in [5.41, 5.74) is 3.67. The summed E-state index contributed by atoms with van der Waals surface area (Å²) in [7, 11) is 1.52. The molecule has 1 aromatic carbocycles. The number of hydrogen-bond donors (Lipinski definition) is 2. The Kier molecular flexibility index (Phi) is 2.66. The molecule has 0 aliphatic rings. The first kappa shape index (κ1) is 8.55. The molecule has 3 N–H and O–H groups in total. The molecule has 64 valence electrons. The Morgan fingerprint density at radius 3 is 2.83 bits per heavy atom. The van der Waals surface area contributed by atoms with Gasteiger partial charge in [0.05, 0.1) is 12.8 Å². The Balaban J connectivity index is 3.10. The van der Waals surface area contributed by atoms with Gasteiger partial charge in [-0.15, -0.1) is 0 Å². The van der Waals surface area contributed by atoms with Crippen LogP contribution in [0.15, 0.2) is 18.2 Å². The summed E-state index contributed by atoms with van der Waals surface area (Å²) in [5, 5.41) is 0. The van der Waals surface area contributed by atoms with Crippen molar-refractivity contribution in [1.29, 1.82) is 0 Å². The second-order valence-electron chi connectivity index (χ2n) is 2.22. The monoisotopic (exact) mass is 166 g/mol. The maximum absolute atomic E-state index is 10.4. The van der Waals surface area contributed by atoms with Crippen molar-refractivity contribution in [2.24, 2.45) is 5.84 Å². The Bertz CT molecular complexity index is 286. The van der Waals surface area contributed by atoms with E-state index in [0.717, 1.165) is 6.29 Å². The number of carbonyl (C=O) groups excluding carboxylic acids is 1. The molecule has 1 rings (SSSR count). The van der Waals surface area contributed by atoms with E-state index in [1.165, 1.54) is 7.11 Å². The van der Waals surface area contributed by atoms with Crippen LogP contribution in [0, 0.1) is 0 Å². The molecule has 0 aliphatic heterocycles. The molecule has 0 fully saturated rings. The topological polar surface area (TPSA) is 64.3 Å². The third kappa shape index (κ3) is 1.54. The molecule has 4 nitrogen and oxygen atoms in total. The average Bonchev–Trinajstić information content (AvgIpc) is 2.16. The van der Waals surface area contributed by atoms with Crippen molar-refractivity contribution in [3.8, 4) is 5.75 Å². The molecule has 0 heterocycles. The zero-order valence-corrected chi connectivity index (χ0v) is 6.70. The van der Waals surface area contributed by atoms with Gasteiger partial charge in [0.25, 0.3) is 0 Å². The maximum atomic E-state index is 10.4. The quantitative estimate of drug-likeness (QED) is 0.396. The number of nitrogens with one attached hydrogen (secondary N) is 1. The molecule has 12 heavy (non-hydrogen) atoms. The van der Waals surface area contributed by atoms with Crippen molar-refractivity contribution in [1.82, 2.24) is 0 Å². The number of carbonyl (C=O) groups is 1. The van der Waals surface area contributed by atoms with E-state index < -0.39 is 0 Å². The molecule has 0 bridgehead atoms. The molecule has 0 saturated heterocycles. The van der Waals surface area contributed by atoms with E-state index in [4.69, 9.17) is 10.6 Å². The molecular formula is C8H10N2O2. The van der Waals surface area contributed by atoms with E-state index in [1.807, 2.05) is 0 Å². The van der Waals surface area contributed by atoms with Gasteiger partial charge in [0, 0.05) is 5.56 Å². The molecule has 0 radical (unpaired) electrons. The highest BCUT2D eigenvalue weighted by molar-refractivity contribution is 5.77. The molecule has 4 heteroatoms. The molecule has 0 atom stereocenters. The van der Waals surface area contributed by atoms with Crippen LogP contribution in [0.2, 0.25) is 0 Å². The summed E-state index contributed by atoms with van der Waals surface area (Å²) in [6.45, 7) is 0. The molecule has 0 aromatic heterocycles. The first-order valence-electron chi connectivity index (χ1n) is 3.41. The minimum atomic E-state index is 0.558. The first-order valence-corrected chi connectivity index (χ1v) is 3.41. The van der Waals surface area contributed by atoms with Crippen LogP contribution in [0.25, 0.3) is 0 Å². The predicted octanol–water partition coefficient (Wildman–Crippen LogP) is 0.793. The van der Waals surface area contributed by atoms with E-state index >= 15 is 0 Å². The highest BCUT2D eigenvalue weighted by atomic mass is 16.5. The smallest absolute Gasteiger partial charge is 0.150 e. The van der Waals surface area contributed by atoms with Crippen LogP contribution >= 0.6 is 0 Å². The zero-order valence-electron chi connectivity index (χ0n) is 6.70. The Labute approximate surface area is 70.3 Å². The predicted molar refractivity (Wildman–Crippen MR) is 46.2 cm³/mol. The molecule has 0 unspecified atom stereocenters. The average molecular weight is 166 g/mol. The van der Waals surface area contributed by atoms with Gasteiger partial charge in [-0.25, -0.2) is 0 Å². The Morgan fingerprint density at radius 1 is 1.58 bits per heavy atom. The van der Waals surface area contributed by atoms with Crippen molar-refractivity contribution < 1.29 is 9.53 Å². The molecular weight excluding hydrogens is 156 g/mol. The van der Waals surface area contributed by atoms with Gasteiger partial charge in [-0.1, -0.05) is 0 Å². The van der Waals surface area contributed by atoms with Gasteiger partial charge >= 0.3 is 0 Å². The van der Waals surface area contributed by atoms with Gasteiger partial charge < -0.3 is 10.2 Å². The van der Waals surface area contributed by atoms with E-state index in [9.17, 15) is 4.79 Å². The van der Waals surface area contributed by atoms with Crippen LogP contribution in [0.4, 0.5) is 5.69 Å². The lowest BCUT2D eigenvalue weighted by molar-refractivity contribution is 0.112. The number of rotatable bonds is 3. The van der Waals surface area contributed by atoms with Crippen LogP contribution in [0.3, 0.4) is 0 Å². The number of nitrogen functional groups attached to an aromatic ring is 1. The minimum Gasteiger partial charge on any atom is -0.495 e. The fourth-order valence-corrected chi connectivity index (χ4v) is 0.900. The largest absolute Gasteiger partial charge is 0.495 e. The maximum Gasteiger partial charge on any atom is 0.150 e. The number of aldehydes is 1. The molecule has 1 aromatic rings. The van der Waals surface area contributed by atoms with Gasteiger partial charge in [-0.05, 0) is 18.2 Å².